The van der Waals surface area contributed by atoms with Crippen LogP contribution in [0.2, 0.25) is 0 Å². The normalized spacial score (nSPS) is 27.9. The molecule has 3 unspecified atom stereocenters. The predicted molar refractivity (Wildman–Crippen MR) is 74.4 cm³/mol. The van der Waals surface area contributed by atoms with Crippen molar-refractivity contribution < 1.29 is 8.42 Å². The fourth-order valence-corrected chi connectivity index (χ4v) is 4.92. The van der Waals surface area contributed by atoms with Crippen molar-refractivity contribution >= 4 is 10.0 Å². The van der Waals surface area contributed by atoms with Gasteiger partial charge in [-0.3, -0.25) is 5.10 Å². The lowest BCUT2D eigenvalue weighted by Crippen LogP contribution is -2.37. The summed E-state index contributed by atoms with van der Waals surface area (Å²) >= 11 is 0. The van der Waals surface area contributed by atoms with Crippen LogP contribution in [-0.2, 0) is 10.0 Å². The zero-order valence-corrected chi connectivity index (χ0v) is 12.8. The Labute approximate surface area is 115 Å². The van der Waals surface area contributed by atoms with Gasteiger partial charge in [0.1, 0.15) is 4.90 Å². The van der Waals surface area contributed by atoms with Crippen LogP contribution in [0.4, 0.5) is 0 Å². The van der Waals surface area contributed by atoms with Gasteiger partial charge in [0.05, 0.1) is 11.4 Å². The highest BCUT2D eigenvalue weighted by Gasteiger charge is 2.35. The standard InChI is InChI=1S/C13H23N3O2S/c1-5-11-6-7-12(8(11)2)16-19(17,18)13-9(3)14-15-10(13)4/h8,11-12,16H,5-7H2,1-4H3,(H,14,15). The number of hydrogen-bond acceptors (Lipinski definition) is 3. The maximum atomic E-state index is 12.5. The number of H-pyrrole nitrogens is 1. The van der Waals surface area contributed by atoms with Crippen molar-refractivity contribution in [2.75, 3.05) is 0 Å². The molecular weight excluding hydrogens is 262 g/mol. The van der Waals surface area contributed by atoms with Gasteiger partial charge in [0.15, 0.2) is 0 Å². The van der Waals surface area contributed by atoms with Crippen LogP contribution in [0.1, 0.15) is 44.5 Å². The van der Waals surface area contributed by atoms with Crippen LogP contribution in [0.3, 0.4) is 0 Å². The van der Waals surface area contributed by atoms with E-state index in [0.717, 1.165) is 19.3 Å². The van der Waals surface area contributed by atoms with Gasteiger partial charge < -0.3 is 0 Å². The highest BCUT2D eigenvalue weighted by atomic mass is 32.2. The molecule has 5 nitrogen and oxygen atoms in total. The summed E-state index contributed by atoms with van der Waals surface area (Å²) in [6.07, 6.45) is 3.15. The molecule has 0 aromatic carbocycles. The molecule has 1 heterocycles. The lowest BCUT2D eigenvalue weighted by atomic mass is 9.94. The summed E-state index contributed by atoms with van der Waals surface area (Å²) in [6, 6.07) is 0.0450. The lowest BCUT2D eigenvalue weighted by molar-refractivity contribution is 0.368. The van der Waals surface area contributed by atoms with Crippen LogP contribution in [-0.4, -0.2) is 24.7 Å². The lowest BCUT2D eigenvalue weighted by Gasteiger charge is -2.21. The van der Waals surface area contributed by atoms with Gasteiger partial charge in [-0.15, -0.1) is 0 Å². The van der Waals surface area contributed by atoms with E-state index in [2.05, 4.69) is 28.8 Å². The van der Waals surface area contributed by atoms with Gasteiger partial charge in [-0.05, 0) is 38.5 Å². The molecule has 3 atom stereocenters. The van der Waals surface area contributed by atoms with Crippen LogP contribution in [0.15, 0.2) is 4.90 Å². The predicted octanol–water partition coefficient (Wildman–Crippen LogP) is 2.13. The first-order chi connectivity index (χ1) is 8.86. The molecule has 1 aromatic rings. The molecule has 1 aliphatic carbocycles. The van der Waals surface area contributed by atoms with Crippen LogP contribution in [0.25, 0.3) is 0 Å². The van der Waals surface area contributed by atoms with E-state index in [1.54, 1.807) is 13.8 Å². The van der Waals surface area contributed by atoms with Gasteiger partial charge in [0.2, 0.25) is 10.0 Å². The van der Waals surface area contributed by atoms with Gasteiger partial charge in [-0.2, -0.15) is 5.10 Å². The summed E-state index contributed by atoms with van der Waals surface area (Å²) in [5.41, 5.74) is 1.13. The Morgan fingerprint density at radius 3 is 2.53 bits per heavy atom. The maximum absolute atomic E-state index is 12.5. The van der Waals surface area contributed by atoms with E-state index in [0.29, 0.717) is 28.1 Å². The van der Waals surface area contributed by atoms with E-state index in [1.165, 1.54) is 0 Å². The third kappa shape index (κ3) is 2.69. The molecular formula is C13H23N3O2S. The molecule has 2 rings (SSSR count). The molecule has 1 aliphatic rings. The van der Waals surface area contributed by atoms with Crippen molar-refractivity contribution in [1.29, 1.82) is 0 Å². The van der Waals surface area contributed by atoms with Crippen molar-refractivity contribution in [2.24, 2.45) is 11.8 Å². The van der Waals surface area contributed by atoms with Gasteiger partial charge in [0, 0.05) is 6.04 Å². The van der Waals surface area contributed by atoms with Crippen molar-refractivity contribution in [3.63, 3.8) is 0 Å². The number of aromatic nitrogens is 2. The van der Waals surface area contributed by atoms with Crippen LogP contribution in [0, 0.1) is 25.7 Å². The second-order valence-corrected chi connectivity index (χ2v) is 7.25. The third-order valence-corrected chi connectivity index (χ3v) is 6.14. The van der Waals surface area contributed by atoms with Crippen LogP contribution < -0.4 is 4.72 Å². The van der Waals surface area contributed by atoms with Gasteiger partial charge in [-0.25, -0.2) is 13.1 Å². The minimum absolute atomic E-state index is 0.0450. The quantitative estimate of drug-likeness (QED) is 0.890. The minimum atomic E-state index is -3.47. The fraction of sp³-hybridized carbons (Fsp3) is 0.769. The zero-order valence-electron chi connectivity index (χ0n) is 12.0. The largest absolute Gasteiger partial charge is 0.281 e. The molecule has 19 heavy (non-hydrogen) atoms. The summed E-state index contributed by atoms with van der Waals surface area (Å²) in [7, 11) is -3.47. The van der Waals surface area contributed by atoms with Gasteiger partial charge >= 0.3 is 0 Å². The molecule has 0 aliphatic heterocycles. The van der Waals surface area contributed by atoms with E-state index in [1.807, 2.05) is 0 Å². The molecule has 6 heteroatoms. The van der Waals surface area contributed by atoms with Crippen LogP contribution in [0.5, 0.6) is 0 Å². The number of nitrogens with one attached hydrogen (secondary N) is 2. The summed E-state index contributed by atoms with van der Waals surface area (Å²) in [4.78, 5) is 0.305. The van der Waals surface area contributed by atoms with Crippen molar-refractivity contribution in [2.45, 2.75) is 57.9 Å². The molecule has 2 N–H and O–H groups in total. The number of rotatable bonds is 4. The molecule has 0 bridgehead atoms. The molecule has 108 valence electrons. The van der Waals surface area contributed by atoms with Crippen molar-refractivity contribution in [3.8, 4) is 0 Å². The average Bonchev–Trinajstić information content (AvgIpc) is 2.84. The number of nitrogens with zero attached hydrogens (tertiary/aromatic N) is 1. The molecule has 1 saturated carbocycles. The number of aromatic amines is 1. The molecule has 0 saturated heterocycles. The number of hydrogen-bond donors (Lipinski definition) is 2. The average molecular weight is 285 g/mol. The Balaban J connectivity index is 2.19. The van der Waals surface area contributed by atoms with E-state index in [4.69, 9.17) is 0 Å². The second kappa shape index (κ2) is 5.25. The van der Waals surface area contributed by atoms with E-state index >= 15 is 0 Å². The smallest absolute Gasteiger partial charge is 0.244 e. The van der Waals surface area contributed by atoms with Gasteiger partial charge in [0.25, 0.3) is 0 Å². The summed E-state index contributed by atoms with van der Waals surface area (Å²) in [5.74, 6) is 1.02. The minimum Gasteiger partial charge on any atom is -0.281 e. The Morgan fingerprint density at radius 2 is 2.05 bits per heavy atom. The Bertz CT molecular complexity index is 531. The van der Waals surface area contributed by atoms with Gasteiger partial charge in [-0.1, -0.05) is 20.3 Å². The second-order valence-electron chi connectivity index (χ2n) is 5.60. The van der Waals surface area contributed by atoms with E-state index < -0.39 is 10.0 Å². The molecule has 0 amide bonds. The third-order valence-electron chi connectivity index (χ3n) is 4.39. The zero-order chi connectivity index (χ0) is 14.2. The van der Waals surface area contributed by atoms with E-state index in [9.17, 15) is 8.42 Å². The maximum Gasteiger partial charge on any atom is 0.244 e. The van der Waals surface area contributed by atoms with Crippen LogP contribution >= 0.6 is 0 Å². The number of sulfonamides is 1. The van der Waals surface area contributed by atoms with E-state index in [-0.39, 0.29) is 6.04 Å². The number of aryl methyl sites for hydroxylation is 2. The first-order valence-corrected chi connectivity index (χ1v) is 8.39. The molecule has 1 aromatic heterocycles. The molecule has 0 spiro atoms. The Hall–Kier alpha value is -0.880. The Morgan fingerprint density at radius 1 is 1.37 bits per heavy atom. The topological polar surface area (TPSA) is 74.8 Å². The SMILES string of the molecule is CCC1CCC(NS(=O)(=O)c2c(C)n[nH]c2C)C1C. The first-order valence-electron chi connectivity index (χ1n) is 6.90. The molecule has 0 radical (unpaired) electrons. The molecule has 1 fully saturated rings. The summed E-state index contributed by atoms with van der Waals surface area (Å²) < 4.78 is 27.8. The van der Waals surface area contributed by atoms with Crippen molar-refractivity contribution in [3.05, 3.63) is 11.4 Å². The Kier molecular flexibility index (Phi) is 4.01. The summed E-state index contributed by atoms with van der Waals surface area (Å²) in [5, 5.41) is 6.69. The van der Waals surface area contributed by atoms with Crippen molar-refractivity contribution in [1.82, 2.24) is 14.9 Å². The highest BCUT2D eigenvalue weighted by molar-refractivity contribution is 7.89. The highest BCUT2D eigenvalue weighted by Crippen LogP contribution is 2.34. The first kappa shape index (κ1) is 14.5. The fourth-order valence-electron chi connectivity index (χ4n) is 3.18. The summed E-state index contributed by atoms with van der Waals surface area (Å²) in [6.45, 7) is 7.76. The monoisotopic (exact) mass is 285 g/mol.